The Morgan fingerprint density at radius 2 is 2.50 bits per heavy atom. The summed E-state index contributed by atoms with van der Waals surface area (Å²) in [7, 11) is 0. The van der Waals surface area contributed by atoms with Crippen molar-refractivity contribution in [1.29, 1.82) is 0 Å². The van der Waals surface area contributed by atoms with E-state index in [4.69, 9.17) is 10.6 Å². The summed E-state index contributed by atoms with van der Waals surface area (Å²) >= 11 is 0. The fraction of sp³-hybridized carbons (Fsp3) is 0.833. The Bertz CT molecular complexity index is 284. The van der Waals surface area contributed by atoms with Crippen LogP contribution in [0.25, 0.3) is 0 Å². The summed E-state index contributed by atoms with van der Waals surface area (Å²) in [4.78, 5) is 2.53. The zero-order valence-corrected chi connectivity index (χ0v) is 9.91. The van der Waals surface area contributed by atoms with Gasteiger partial charge in [0.25, 0.3) is 0 Å². The van der Waals surface area contributed by atoms with Crippen LogP contribution in [-0.2, 0) is 4.74 Å². The van der Waals surface area contributed by atoms with Gasteiger partial charge in [0.15, 0.2) is 0 Å². The summed E-state index contributed by atoms with van der Waals surface area (Å²) in [6.45, 7) is 4.90. The summed E-state index contributed by atoms with van der Waals surface area (Å²) in [6.07, 6.45) is 3.52. The van der Waals surface area contributed by atoms with Crippen LogP contribution >= 0.6 is 0 Å². The maximum atomic E-state index is 5.89. The number of fused-ring (bicyclic) bond motifs is 1. The maximum Gasteiger partial charge on any atom is 0.0878 e. The van der Waals surface area contributed by atoms with E-state index in [0.717, 1.165) is 19.6 Å². The Labute approximate surface area is 97.5 Å². The van der Waals surface area contributed by atoms with E-state index in [-0.39, 0.29) is 12.1 Å². The number of hydrogen-bond donors (Lipinski definition) is 2. The van der Waals surface area contributed by atoms with Gasteiger partial charge in [0.05, 0.1) is 18.8 Å². The van der Waals surface area contributed by atoms with Gasteiger partial charge in [-0.05, 0) is 26.3 Å². The number of hydrazine groups is 1. The molecule has 90 valence electrons. The van der Waals surface area contributed by atoms with Crippen LogP contribution in [0.2, 0.25) is 0 Å². The number of nitrogens with one attached hydrogen (secondary N) is 1. The van der Waals surface area contributed by atoms with Crippen molar-refractivity contribution in [2.24, 2.45) is 5.84 Å². The molecule has 16 heavy (non-hydrogen) atoms. The fourth-order valence-corrected chi connectivity index (χ4v) is 2.60. The topological polar surface area (TPSA) is 50.5 Å². The summed E-state index contributed by atoms with van der Waals surface area (Å²) < 4.78 is 5.89. The van der Waals surface area contributed by atoms with Crippen molar-refractivity contribution >= 4 is 0 Å². The molecule has 0 aromatic heterocycles. The summed E-state index contributed by atoms with van der Waals surface area (Å²) in [5.74, 6) is 11.5. The van der Waals surface area contributed by atoms with E-state index < -0.39 is 0 Å². The predicted molar refractivity (Wildman–Crippen MR) is 63.5 cm³/mol. The van der Waals surface area contributed by atoms with Crippen molar-refractivity contribution in [3.8, 4) is 11.8 Å². The monoisotopic (exact) mass is 223 g/mol. The average molecular weight is 223 g/mol. The Hall–Kier alpha value is -0.600. The molecular weight excluding hydrogens is 202 g/mol. The first-order chi connectivity index (χ1) is 7.85. The van der Waals surface area contributed by atoms with E-state index in [2.05, 4.69) is 22.2 Å². The molecule has 2 rings (SSSR count). The van der Waals surface area contributed by atoms with E-state index in [0.29, 0.717) is 6.04 Å². The third-order valence-corrected chi connectivity index (χ3v) is 3.58. The molecule has 0 aromatic carbocycles. The summed E-state index contributed by atoms with van der Waals surface area (Å²) in [5.41, 5.74) is 2.83. The van der Waals surface area contributed by atoms with Gasteiger partial charge in [-0.15, -0.1) is 11.8 Å². The highest BCUT2D eigenvalue weighted by atomic mass is 16.5. The van der Waals surface area contributed by atoms with E-state index in [1.54, 1.807) is 0 Å². The van der Waals surface area contributed by atoms with Gasteiger partial charge in [0.1, 0.15) is 0 Å². The third-order valence-electron chi connectivity index (χ3n) is 3.58. The number of hydrogen-bond acceptors (Lipinski definition) is 4. The van der Waals surface area contributed by atoms with Crippen LogP contribution in [0.1, 0.15) is 26.2 Å². The molecular formula is C12H21N3O. The van der Waals surface area contributed by atoms with Crippen LogP contribution < -0.4 is 11.3 Å². The van der Waals surface area contributed by atoms with Gasteiger partial charge in [-0.2, -0.15) is 0 Å². The maximum absolute atomic E-state index is 5.89. The molecule has 0 saturated carbocycles. The van der Waals surface area contributed by atoms with Gasteiger partial charge < -0.3 is 4.74 Å². The smallest absolute Gasteiger partial charge is 0.0878 e. The Morgan fingerprint density at radius 3 is 3.25 bits per heavy atom. The molecule has 0 spiro atoms. The molecule has 3 atom stereocenters. The minimum absolute atomic E-state index is 0.147. The number of nitrogens with zero attached hydrogens (tertiary/aromatic N) is 1. The first-order valence-corrected chi connectivity index (χ1v) is 6.06. The van der Waals surface area contributed by atoms with E-state index in [1.807, 2.05) is 6.92 Å². The minimum Gasteiger partial charge on any atom is -0.374 e. The minimum atomic E-state index is 0.147. The van der Waals surface area contributed by atoms with Crippen molar-refractivity contribution in [2.45, 2.75) is 44.4 Å². The van der Waals surface area contributed by atoms with Gasteiger partial charge >= 0.3 is 0 Å². The van der Waals surface area contributed by atoms with Crippen LogP contribution in [0, 0.1) is 11.8 Å². The number of rotatable bonds is 3. The molecule has 2 aliphatic rings. The second kappa shape index (κ2) is 5.65. The molecule has 0 radical (unpaired) electrons. The molecule has 2 fully saturated rings. The fourth-order valence-electron chi connectivity index (χ4n) is 2.60. The highest BCUT2D eigenvalue weighted by Gasteiger charge is 2.35. The second-order valence-corrected chi connectivity index (χ2v) is 4.57. The van der Waals surface area contributed by atoms with Gasteiger partial charge in [-0.25, -0.2) is 0 Å². The van der Waals surface area contributed by atoms with Crippen molar-refractivity contribution in [3.05, 3.63) is 0 Å². The van der Waals surface area contributed by atoms with Crippen LogP contribution in [0.15, 0.2) is 0 Å². The first-order valence-electron chi connectivity index (χ1n) is 6.06. The van der Waals surface area contributed by atoms with Crippen LogP contribution in [0.4, 0.5) is 0 Å². The van der Waals surface area contributed by atoms with Crippen LogP contribution in [-0.4, -0.2) is 42.8 Å². The number of nitrogens with two attached hydrogens (primary N) is 1. The molecule has 3 N–H and O–H groups in total. The highest BCUT2D eigenvalue weighted by molar-refractivity contribution is 5.01. The Morgan fingerprint density at radius 1 is 1.62 bits per heavy atom. The lowest BCUT2D eigenvalue weighted by molar-refractivity contribution is -0.0637. The van der Waals surface area contributed by atoms with E-state index in [9.17, 15) is 0 Å². The lowest BCUT2D eigenvalue weighted by Gasteiger charge is -2.38. The van der Waals surface area contributed by atoms with Crippen molar-refractivity contribution in [1.82, 2.24) is 10.3 Å². The van der Waals surface area contributed by atoms with Gasteiger partial charge in [-0.1, -0.05) is 0 Å². The summed E-state index contributed by atoms with van der Waals surface area (Å²) in [6, 6.07) is 0.793. The molecule has 2 saturated heterocycles. The molecule has 0 aromatic rings. The number of morpholine rings is 1. The standard InChI is InChI=1S/C12H21N3O/c1-2-3-6-11(14-13)12-8-15-7-4-5-10(15)9-16-12/h10-12,14H,4-9,13H2,1H3. The third kappa shape index (κ3) is 2.55. The molecule has 0 amide bonds. The Kier molecular flexibility index (Phi) is 4.19. The second-order valence-electron chi connectivity index (χ2n) is 4.57. The normalized spacial score (nSPS) is 31.6. The molecule has 0 bridgehead atoms. The predicted octanol–water partition coefficient (Wildman–Crippen LogP) is 0.0949. The molecule has 2 heterocycles. The van der Waals surface area contributed by atoms with Crippen molar-refractivity contribution < 1.29 is 4.74 Å². The molecule has 4 heteroatoms. The average Bonchev–Trinajstić information content (AvgIpc) is 2.77. The van der Waals surface area contributed by atoms with Crippen LogP contribution in [0.5, 0.6) is 0 Å². The van der Waals surface area contributed by atoms with Gasteiger partial charge in [0, 0.05) is 19.0 Å². The van der Waals surface area contributed by atoms with Gasteiger partial charge in [0.2, 0.25) is 0 Å². The number of ether oxygens (including phenoxy) is 1. The zero-order valence-electron chi connectivity index (χ0n) is 9.91. The van der Waals surface area contributed by atoms with Crippen molar-refractivity contribution in [3.63, 3.8) is 0 Å². The molecule has 2 aliphatic heterocycles. The molecule has 3 unspecified atom stereocenters. The molecule has 4 nitrogen and oxygen atoms in total. The van der Waals surface area contributed by atoms with E-state index in [1.165, 1.54) is 19.4 Å². The first kappa shape index (κ1) is 11.9. The zero-order chi connectivity index (χ0) is 11.4. The van der Waals surface area contributed by atoms with Gasteiger partial charge in [-0.3, -0.25) is 16.2 Å². The quantitative estimate of drug-likeness (QED) is 0.405. The lowest BCUT2D eigenvalue weighted by Crippen LogP contribution is -2.55. The highest BCUT2D eigenvalue weighted by Crippen LogP contribution is 2.24. The van der Waals surface area contributed by atoms with E-state index >= 15 is 0 Å². The SMILES string of the molecule is CC#CCC(NN)C1CN2CCCC2CO1. The van der Waals surface area contributed by atoms with Crippen molar-refractivity contribution in [2.75, 3.05) is 19.7 Å². The van der Waals surface area contributed by atoms with Crippen LogP contribution in [0.3, 0.4) is 0 Å². The largest absolute Gasteiger partial charge is 0.374 e. The lowest BCUT2D eigenvalue weighted by atomic mass is 10.1. The summed E-state index contributed by atoms with van der Waals surface area (Å²) in [5, 5.41) is 0. The Balaban J connectivity index is 1.90. The molecule has 0 aliphatic carbocycles.